The van der Waals surface area contributed by atoms with E-state index in [-0.39, 0.29) is 0 Å². The molecule has 82 valence electrons. The van der Waals surface area contributed by atoms with Crippen molar-refractivity contribution in [3.63, 3.8) is 0 Å². The molecule has 1 atom stereocenters. The Bertz CT molecular complexity index is 516. The topological polar surface area (TPSA) is 12.0 Å². The number of rotatable bonds is 1. The van der Waals surface area contributed by atoms with E-state index in [4.69, 9.17) is 0 Å². The Kier molecular flexibility index (Phi) is 2.32. The van der Waals surface area contributed by atoms with Crippen LogP contribution >= 0.6 is 0 Å². The fraction of sp³-hybridized carbons (Fsp3) is 0.333. The van der Waals surface area contributed by atoms with Crippen molar-refractivity contribution in [3.8, 4) is 0 Å². The van der Waals surface area contributed by atoms with Crippen LogP contribution in [0.4, 0.5) is 5.69 Å². The Morgan fingerprint density at radius 2 is 2.06 bits per heavy atom. The molecule has 1 unspecified atom stereocenters. The summed E-state index contributed by atoms with van der Waals surface area (Å²) in [5, 5.41) is 6.31. The van der Waals surface area contributed by atoms with Gasteiger partial charge in [0.15, 0.2) is 0 Å². The summed E-state index contributed by atoms with van der Waals surface area (Å²) in [6, 6.07) is 13.2. The van der Waals surface area contributed by atoms with Crippen molar-refractivity contribution in [2.75, 3.05) is 11.9 Å². The molecule has 16 heavy (non-hydrogen) atoms. The highest BCUT2D eigenvalue weighted by Gasteiger charge is 2.17. The summed E-state index contributed by atoms with van der Waals surface area (Å²) in [7, 11) is 0. The van der Waals surface area contributed by atoms with E-state index < -0.39 is 0 Å². The fourth-order valence-corrected chi connectivity index (χ4v) is 2.61. The Balaban J connectivity index is 2.14. The zero-order valence-corrected chi connectivity index (χ0v) is 9.66. The molecule has 1 heterocycles. The van der Waals surface area contributed by atoms with Gasteiger partial charge < -0.3 is 5.32 Å². The number of hydrogen-bond acceptors (Lipinski definition) is 1. The molecule has 0 bridgehead atoms. The van der Waals surface area contributed by atoms with Crippen LogP contribution in [-0.2, 0) is 6.42 Å². The smallest absolute Gasteiger partial charge is 0.0452 e. The normalized spacial score (nSPS) is 19.2. The molecule has 0 radical (unpaired) electrons. The number of benzene rings is 2. The average molecular weight is 211 g/mol. The summed E-state index contributed by atoms with van der Waals surface area (Å²) in [5.74, 6) is 0.800. The van der Waals surface area contributed by atoms with E-state index in [1.165, 1.54) is 34.9 Å². The van der Waals surface area contributed by atoms with Crippen LogP contribution in [0.2, 0.25) is 0 Å². The molecule has 3 rings (SSSR count). The maximum atomic E-state index is 3.61. The minimum absolute atomic E-state index is 0.800. The summed E-state index contributed by atoms with van der Waals surface area (Å²) >= 11 is 0. The molecule has 2 aromatic carbocycles. The van der Waals surface area contributed by atoms with E-state index in [1.54, 1.807) is 0 Å². The van der Waals surface area contributed by atoms with E-state index in [2.05, 4.69) is 48.6 Å². The predicted molar refractivity (Wildman–Crippen MR) is 69.9 cm³/mol. The summed E-state index contributed by atoms with van der Waals surface area (Å²) in [6.45, 7) is 3.40. The predicted octanol–water partition coefficient (Wildman–Crippen LogP) is 3.83. The van der Waals surface area contributed by atoms with Gasteiger partial charge in [0.1, 0.15) is 0 Å². The molecule has 2 aromatic rings. The highest BCUT2D eigenvalue weighted by atomic mass is 14.9. The van der Waals surface area contributed by atoms with E-state index in [0.29, 0.717) is 0 Å². The van der Waals surface area contributed by atoms with Gasteiger partial charge in [-0.05, 0) is 23.3 Å². The van der Waals surface area contributed by atoms with Crippen LogP contribution in [0.5, 0.6) is 0 Å². The number of nitrogens with one attached hydrogen (secondary N) is 1. The summed E-state index contributed by atoms with van der Waals surface area (Å²) in [5.41, 5.74) is 2.85. The van der Waals surface area contributed by atoms with Crippen molar-refractivity contribution in [3.05, 3.63) is 42.0 Å². The molecule has 0 fully saturated rings. The van der Waals surface area contributed by atoms with Crippen LogP contribution in [-0.4, -0.2) is 6.54 Å². The molecule has 0 spiro atoms. The lowest BCUT2D eigenvalue weighted by atomic mass is 9.90. The highest BCUT2D eigenvalue weighted by Crippen LogP contribution is 2.32. The Morgan fingerprint density at radius 1 is 1.19 bits per heavy atom. The van der Waals surface area contributed by atoms with Gasteiger partial charge in [0.05, 0.1) is 0 Å². The Hall–Kier alpha value is -1.50. The third kappa shape index (κ3) is 1.47. The van der Waals surface area contributed by atoms with E-state index >= 15 is 0 Å². The molecule has 0 aromatic heterocycles. The fourth-order valence-electron chi connectivity index (χ4n) is 2.61. The molecule has 1 aliphatic rings. The van der Waals surface area contributed by atoms with Crippen molar-refractivity contribution in [2.45, 2.75) is 19.8 Å². The van der Waals surface area contributed by atoms with Crippen LogP contribution in [0, 0.1) is 5.92 Å². The van der Waals surface area contributed by atoms with Crippen molar-refractivity contribution < 1.29 is 0 Å². The van der Waals surface area contributed by atoms with Gasteiger partial charge in [0.2, 0.25) is 0 Å². The zero-order valence-electron chi connectivity index (χ0n) is 9.66. The van der Waals surface area contributed by atoms with E-state index in [1.807, 2.05) is 0 Å². The van der Waals surface area contributed by atoms with Crippen LogP contribution < -0.4 is 5.32 Å². The second kappa shape index (κ2) is 3.82. The van der Waals surface area contributed by atoms with Gasteiger partial charge >= 0.3 is 0 Å². The largest absolute Gasteiger partial charge is 0.384 e. The molecule has 0 amide bonds. The van der Waals surface area contributed by atoms with Crippen molar-refractivity contribution >= 4 is 16.5 Å². The van der Waals surface area contributed by atoms with Crippen molar-refractivity contribution in [2.24, 2.45) is 5.92 Å². The third-order valence-electron chi connectivity index (χ3n) is 3.67. The zero-order chi connectivity index (χ0) is 11.0. The molecule has 1 N–H and O–H groups in total. The van der Waals surface area contributed by atoms with Crippen LogP contribution in [0.1, 0.15) is 18.9 Å². The average Bonchev–Trinajstić information content (AvgIpc) is 2.38. The second-order valence-corrected chi connectivity index (χ2v) is 4.68. The minimum Gasteiger partial charge on any atom is -0.384 e. The first-order valence-electron chi connectivity index (χ1n) is 6.13. The summed E-state index contributed by atoms with van der Waals surface area (Å²) in [6.07, 6.45) is 2.49. The first-order valence-corrected chi connectivity index (χ1v) is 6.13. The molecule has 1 nitrogen and oxygen atoms in total. The second-order valence-electron chi connectivity index (χ2n) is 4.68. The first kappa shape index (κ1) is 9.71. The van der Waals surface area contributed by atoms with Crippen molar-refractivity contribution in [1.82, 2.24) is 0 Å². The summed E-state index contributed by atoms with van der Waals surface area (Å²) < 4.78 is 0. The molecular formula is C15H17N. The van der Waals surface area contributed by atoms with E-state index in [9.17, 15) is 0 Å². The van der Waals surface area contributed by atoms with Gasteiger partial charge in [-0.1, -0.05) is 49.7 Å². The lowest BCUT2D eigenvalue weighted by Gasteiger charge is -2.26. The monoisotopic (exact) mass is 211 g/mol. The van der Waals surface area contributed by atoms with Gasteiger partial charge in [-0.15, -0.1) is 0 Å². The standard InChI is InChI=1S/C15H17N/c1-2-11-9-13-8-7-12-5-3-4-6-14(12)15(13)16-10-11/h3-8,11,16H,2,9-10H2,1H3. The minimum atomic E-state index is 0.800. The van der Waals surface area contributed by atoms with E-state index in [0.717, 1.165) is 12.5 Å². The Morgan fingerprint density at radius 3 is 2.94 bits per heavy atom. The first-order chi connectivity index (χ1) is 7.88. The molecule has 1 aliphatic heterocycles. The number of hydrogen-bond donors (Lipinski definition) is 1. The lowest BCUT2D eigenvalue weighted by Crippen LogP contribution is -2.22. The molecular weight excluding hydrogens is 194 g/mol. The Labute approximate surface area is 96.5 Å². The van der Waals surface area contributed by atoms with Gasteiger partial charge in [0, 0.05) is 17.6 Å². The van der Waals surface area contributed by atoms with Crippen LogP contribution in [0.25, 0.3) is 10.8 Å². The SMILES string of the molecule is CCC1CNc2c(ccc3ccccc23)C1. The quantitative estimate of drug-likeness (QED) is 0.755. The molecule has 0 aliphatic carbocycles. The highest BCUT2D eigenvalue weighted by molar-refractivity contribution is 5.95. The van der Waals surface area contributed by atoms with Crippen LogP contribution in [0.15, 0.2) is 36.4 Å². The maximum Gasteiger partial charge on any atom is 0.0452 e. The molecule has 0 saturated heterocycles. The number of fused-ring (bicyclic) bond motifs is 3. The third-order valence-corrected chi connectivity index (χ3v) is 3.67. The van der Waals surface area contributed by atoms with Gasteiger partial charge in [-0.2, -0.15) is 0 Å². The molecule has 1 heteroatoms. The maximum absolute atomic E-state index is 3.61. The summed E-state index contributed by atoms with van der Waals surface area (Å²) in [4.78, 5) is 0. The lowest BCUT2D eigenvalue weighted by molar-refractivity contribution is 0.521. The van der Waals surface area contributed by atoms with Crippen LogP contribution in [0.3, 0.4) is 0 Å². The number of anilines is 1. The van der Waals surface area contributed by atoms with Crippen molar-refractivity contribution in [1.29, 1.82) is 0 Å². The molecule has 0 saturated carbocycles. The van der Waals surface area contributed by atoms with Gasteiger partial charge in [0.25, 0.3) is 0 Å². The van der Waals surface area contributed by atoms with Gasteiger partial charge in [-0.3, -0.25) is 0 Å². The van der Waals surface area contributed by atoms with Gasteiger partial charge in [-0.25, -0.2) is 0 Å².